The molecule has 43 heavy (non-hydrogen) atoms. The Morgan fingerprint density at radius 3 is 2.37 bits per heavy atom. The average Bonchev–Trinajstić information content (AvgIpc) is 3.70. The summed E-state index contributed by atoms with van der Waals surface area (Å²) in [6, 6.07) is 14.9. The van der Waals surface area contributed by atoms with Crippen molar-refractivity contribution in [1.29, 1.82) is 0 Å². The van der Waals surface area contributed by atoms with Crippen LogP contribution < -0.4 is 10.2 Å². The molecule has 1 saturated carbocycles. The molecule has 1 N–H and O–H groups in total. The van der Waals surface area contributed by atoms with Crippen LogP contribution in [0.4, 0.5) is 17.5 Å². The molecule has 0 atom stereocenters. The molecule has 1 saturated heterocycles. The van der Waals surface area contributed by atoms with Gasteiger partial charge in [-0.05, 0) is 30.4 Å². The Morgan fingerprint density at radius 2 is 1.67 bits per heavy atom. The number of hydrogen-bond donors (Lipinski definition) is 1. The Kier molecular flexibility index (Phi) is 8.48. The first kappa shape index (κ1) is 28.6. The minimum atomic E-state index is -0.398. The Balaban J connectivity index is 1.21. The highest BCUT2D eigenvalue weighted by Gasteiger charge is 2.25. The Morgan fingerprint density at radius 1 is 0.977 bits per heavy atom. The van der Waals surface area contributed by atoms with Crippen LogP contribution >= 0.6 is 0 Å². The predicted molar refractivity (Wildman–Crippen MR) is 166 cm³/mol. The largest absolute Gasteiger partial charge is 0.364 e. The van der Waals surface area contributed by atoms with E-state index in [1.165, 1.54) is 43.4 Å². The topological polar surface area (TPSA) is 122 Å². The van der Waals surface area contributed by atoms with Gasteiger partial charge in [-0.15, -0.1) is 0 Å². The van der Waals surface area contributed by atoms with E-state index in [4.69, 9.17) is 9.97 Å². The number of carbonyl (C=O) groups excluding carboxylic acids is 1. The summed E-state index contributed by atoms with van der Waals surface area (Å²) in [6.45, 7) is 5.75. The summed E-state index contributed by atoms with van der Waals surface area (Å²) in [4.78, 5) is 42.3. The second-order valence-electron chi connectivity index (χ2n) is 11.7. The fraction of sp³-hybridized carbons (Fsp3) is 0.438. The van der Waals surface area contributed by atoms with Crippen LogP contribution in [-0.2, 0) is 17.9 Å². The number of hydrogen-bond acceptors (Lipinski definition) is 8. The molecule has 2 aromatic carbocycles. The second kappa shape index (κ2) is 12.8. The van der Waals surface area contributed by atoms with Gasteiger partial charge in [-0.25, -0.2) is 4.98 Å². The van der Waals surface area contributed by atoms with E-state index in [-0.39, 0.29) is 11.6 Å². The van der Waals surface area contributed by atoms with E-state index < -0.39 is 4.92 Å². The van der Waals surface area contributed by atoms with Crippen molar-refractivity contribution in [1.82, 2.24) is 24.4 Å². The van der Waals surface area contributed by atoms with Gasteiger partial charge in [0.2, 0.25) is 11.9 Å². The zero-order valence-electron chi connectivity index (χ0n) is 24.6. The number of carbonyl (C=O) groups is 1. The third-order valence-corrected chi connectivity index (χ3v) is 8.69. The SMILES string of the molecule is Cc1ccc(CNc2nc(N3CCN(C(=O)CCC4CCCC4)CC3)nc3c2ncn3Cc2ccc([N+](=O)[O-])cc2)cc1. The van der Waals surface area contributed by atoms with Crippen molar-refractivity contribution < 1.29 is 9.72 Å². The number of anilines is 2. The first-order valence-corrected chi connectivity index (χ1v) is 15.2. The van der Waals surface area contributed by atoms with Crippen LogP contribution in [-0.4, -0.2) is 61.4 Å². The molecule has 1 aliphatic carbocycles. The van der Waals surface area contributed by atoms with Gasteiger partial charge in [-0.3, -0.25) is 14.9 Å². The van der Waals surface area contributed by atoms with Crippen LogP contribution in [0.5, 0.6) is 0 Å². The maximum Gasteiger partial charge on any atom is 0.269 e. The van der Waals surface area contributed by atoms with Crippen LogP contribution in [0.3, 0.4) is 0 Å². The highest BCUT2D eigenvalue weighted by atomic mass is 16.6. The summed E-state index contributed by atoms with van der Waals surface area (Å²) in [5.41, 5.74) is 4.65. The molecule has 224 valence electrons. The number of nitrogens with zero attached hydrogens (tertiary/aromatic N) is 7. The number of rotatable bonds is 10. The number of nitro benzene ring substituents is 1. The molecule has 11 heteroatoms. The van der Waals surface area contributed by atoms with Crippen LogP contribution in [0, 0.1) is 23.0 Å². The second-order valence-corrected chi connectivity index (χ2v) is 11.7. The molecule has 1 amide bonds. The number of nitrogens with one attached hydrogen (secondary N) is 1. The smallest absolute Gasteiger partial charge is 0.269 e. The Hall–Kier alpha value is -4.54. The van der Waals surface area contributed by atoms with E-state index in [0.717, 1.165) is 17.5 Å². The van der Waals surface area contributed by atoms with Gasteiger partial charge in [-0.2, -0.15) is 9.97 Å². The van der Waals surface area contributed by atoms with E-state index >= 15 is 0 Å². The number of fused-ring (bicyclic) bond motifs is 1. The minimum absolute atomic E-state index is 0.0580. The van der Waals surface area contributed by atoms with Gasteiger partial charge in [0.05, 0.1) is 17.8 Å². The zero-order chi connectivity index (χ0) is 29.8. The van der Waals surface area contributed by atoms with E-state index in [1.54, 1.807) is 18.5 Å². The lowest BCUT2D eigenvalue weighted by atomic mass is 10.0. The third-order valence-electron chi connectivity index (χ3n) is 8.69. The molecule has 6 rings (SSSR count). The Bertz CT molecular complexity index is 1570. The highest BCUT2D eigenvalue weighted by molar-refractivity contribution is 5.84. The molecule has 0 unspecified atom stereocenters. The van der Waals surface area contributed by atoms with Crippen molar-refractivity contribution in [2.45, 2.75) is 58.5 Å². The van der Waals surface area contributed by atoms with Gasteiger partial charge in [0, 0.05) is 51.3 Å². The van der Waals surface area contributed by atoms with Crippen LogP contribution in [0.2, 0.25) is 0 Å². The molecule has 2 fully saturated rings. The molecular weight excluding hydrogens is 544 g/mol. The molecule has 0 bridgehead atoms. The molecule has 2 aromatic heterocycles. The summed E-state index contributed by atoms with van der Waals surface area (Å²) in [7, 11) is 0. The average molecular weight is 583 g/mol. The first-order chi connectivity index (χ1) is 20.9. The number of aryl methyl sites for hydroxylation is 1. The number of imidazole rings is 1. The lowest BCUT2D eigenvalue weighted by molar-refractivity contribution is -0.384. The third kappa shape index (κ3) is 6.76. The van der Waals surface area contributed by atoms with Gasteiger partial charge in [-0.1, -0.05) is 67.6 Å². The van der Waals surface area contributed by atoms with E-state index in [2.05, 4.69) is 46.4 Å². The van der Waals surface area contributed by atoms with Gasteiger partial charge in [0.15, 0.2) is 17.0 Å². The van der Waals surface area contributed by atoms with Gasteiger partial charge < -0.3 is 19.7 Å². The molecule has 1 aliphatic heterocycles. The molecule has 4 aromatic rings. The monoisotopic (exact) mass is 582 g/mol. The van der Waals surface area contributed by atoms with Gasteiger partial charge in [0.1, 0.15) is 0 Å². The summed E-state index contributed by atoms with van der Waals surface area (Å²) in [5.74, 6) is 2.22. The lowest BCUT2D eigenvalue weighted by Gasteiger charge is -2.35. The fourth-order valence-electron chi connectivity index (χ4n) is 6.07. The highest BCUT2D eigenvalue weighted by Crippen LogP contribution is 2.29. The normalized spacial score (nSPS) is 15.7. The lowest BCUT2D eigenvalue weighted by Crippen LogP contribution is -2.49. The summed E-state index contributed by atoms with van der Waals surface area (Å²) >= 11 is 0. The predicted octanol–water partition coefficient (Wildman–Crippen LogP) is 5.32. The van der Waals surface area contributed by atoms with Gasteiger partial charge in [0.25, 0.3) is 5.69 Å². The van der Waals surface area contributed by atoms with Crippen LogP contribution in [0.1, 0.15) is 55.2 Å². The number of amides is 1. The van der Waals surface area contributed by atoms with Crippen molar-refractivity contribution in [2.75, 3.05) is 36.4 Å². The number of non-ortho nitro benzene ring substituents is 1. The van der Waals surface area contributed by atoms with E-state index in [9.17, 15) is 14.9 Å². The zero-order valence-corrected chi connectivity index (χ0v) is 24.6. The van der Waals surface area contributed by atoms with E-state index in [0.29, 0.717) is 74.5 Å². The number of nitro groups is 1. The summed E-state index contributed by atoms with van der Waals surface area (Å²) < 4.78 is 1.95. The molecular formula is C32H38N8O3. The first-order valence-electron chi connectivity index (χ1n) is 15.2. The van der Waals surface area contributed by atoms with Crippen LogP contribution in [0.25, 0.3) is 11.2 Å². The summed E-state index contributed by atoms with van der Waals surface area (Å²) in [5, 5.41) is 14.6. The van der Waals surface area contributed by atoms with Crippen LogP contribution in [0.15, 0.2) is 54.9 Å². The number of benzene rings is 2. The minimum Gasteiger partial charge on any atom is -0.364 e. The maximum atomic E-state index is 12.9. The van der Waals surface area contributed by atoms with Crippen molar-refractivity contribution in [3.8, 4) is 0 Å². The maximum absolute atomic E-state index is 12.9. The molecule has 11 nitrogen and oxygen atoms in total. The summed E-state index contributed by atoms with van der Waals surface area (Å²) in [6.07, 6.45) is 8.52. The Labute approximate surface area is 251 Å². The fourth-order valence-corrected chi connectivity index (χ4v) is 6.07. The van der Waals surface area contributed by atoms with Crippen molar-refractivity contribution in [2.24, 2.45) is 5.92 Å². The number of aromatic nitrogens is 4. The number of piperazine rings is 1. The van der Waals surface area contributed by atoms with E-state index in [1.807, 2.05) is 9.47 Å². The molecule has 2 aliphatic rings. The standard InChI is InChI=1S/C32H38N8O3/c1-23-6-8-25(9-7-23)20-33-30-29-31(39(22-34-29)21-26-10-13-27(14-11-26)40(42)43)36-32(35-30)38-18-16-37(17-19-38)28(41)15-12-24-4-2-3-5-24/h6-11,13-14,22,24H,2-5,12,15-21H2,1H3,(H,33,35,36). The molecule has 3 heterocycles. The van der Waals surface area contributed by atoms with Crippen molar-refractivity contribution in [3.63, 3.8) is 0 Å². The molecule has 0 radical (unpaired) electrons. The molecule has 0 spiro atoms. The quantitative estimate of drug-likeness (QED) is 0.197. The van der Waals surface area contributed by atoms with Crippen molar-refractivity contribution in [3.05, 3.63) is 81.7 Å². The van der Waals surface area contributed by atoms with Gasteiger partial charge >= 0.3 is 0 Å². The van der Waals surface area contributed by atoms with Crippen molar-refractivity contribution >= 4 is 34.5 Å².